The third-order valence-corrected chi connectivity index (χ3v) is 1.72. The zero-order chi connectivity index (χ0) is 11.3. The predicted molar refractivity (Wildman–Crippen MR) is 51.1 cm³/mol. The van der Waals surface area contributed by atoms with E-state index in [2.05, 4.69) is 0 Å². The Morgan fingerprint density at radius 2 is 2.27 bits per heavy atom. The molecule has 0 aliphatic rings. The number of hydrogen-bond donors (Lipinski definition) is 1. The molecule has 1 amide bonds. The number of nitrogens with two attached hydrogens (primary N) is 1. The zero-order valence-corrected chi connectivity index (χ0v) is 7.90. The molecule has 0 unspecified atom stereocenters. The van der Waals surface area contributed by atoms with Crippen molar-refractivity contribution in [1.82, 2.24) is 0 Å². The molecule has 0 spiro atoms. The van der Waals surface area contributed by atoms with E-state index in [9.17, 15) is 14.0 Å². The second-order valence-electron chi connectivity index (χ2n) is 2.78. The fraction of sp³-hybridized carbons (Fsp3) is 0.200. The highest BCUT2D eigenvalue weighted by Crippen LogP contribution is 2.20. The van der Waals surface area contributed by atoms with E-state index in [-0.39, 0.29) is 24.3 Å². The maximum atomic E-state index is 13.2. The minimum absolute atomic E-state index is 0.0596. The summed E-state index contributed by atoms with van der Waals surface area (Å²) < 4.78 is 18.2. The van der Waals surface area contributed by atoms with Crippen LogP contribution < -0.4 is 10.5 Å². The monoisotopic (exact) mass is 211 g/mol. The van der Waals surface area contributed by atoms with Crippen LogP contribution in [-0.4, -0.2) is 18.8 Å². The van der Waals surface area contributed by atoms with Crippen molar-refractivity contribution >= 4 is 12.2 Å². The second-order valence-corrected chi connectivity index (χ2v) is 2.78. The molecule has 0 aliphatic carbocycles. The number of carbonyl (C=O) groups is 2. The summed E-state index contributed by atoms with van der Waals surface area (Å²) in [6.07, 6.45) is 0.845. The molecule has 0 saturated heterocycles. The van der Waals surface area contributed by atoms with Gasteiger partial charge in [0.25, 0.3) is 5.91 Å². The van der Waals surface area contributed by atoms with Crippen LogP contribution in [-0.2, 0) is 4.79 Å². The number of hydrogen-bond acceptors (Lipinski definition) is 3. The summed E-state index contributed by atoms with van der Waals surface area (Å²) in [7, 11) is 0. The standard InChI is InChI=1S/C10H10FNO3/c11-7-3-1-4-8(9(7)10(12)14)15-6-2-5-13/h1,3-5H,2,6H2,(H2,12,14). The highest BCUT2D eigenvalue weighted by Gasteiger charge is 2.14. The maximum absolute atomic E-state index is 13.2. The van der Waals surface area contributed by atoms with Gasteiger partial charge in [-0.1, -0.05) is 6.07 Å². The maximum Gasteiger partial charge on any atom is 0.255 e. The lowest BCUT2D eigenvalue weighted by atomic mass is 10.2. The van der Waals surface area contributed by atoms with Gasteiger partial charge in [0.1, 0.15) is 23.4 Å². The lowest BCUT2D eigenvalue weighted by Gasteiger charge is -2.08. The first-order valence-corrected chi connectivity index (χ1v) is 4.31. The number of primary amides is 1. The summed E-state index contributed by atoms with van der Waals surface area (Å²) >= 11 is 0. The minimum atomic E-state index is -0.894. The summed E-state index contributed by atoms with van der Waals surface area (Å²) in [4.78, 5) is 20.9. The number of halogens is 1. The molecule has 0 heterocycles. The fourth-order valence-electron chi connectivity index (χ4n) is 1.08. The van der Waals surface area contributed by atoms with Crippen molar-refractivity contribution < 1.29 is 18.7 Å². The minimum Gasteiger partial charge on any atom is -0.492 e. The average Bonchev–Trinajstić information content (AvgIpc) is 2.17. The molecule has 4 nitrogen and oxygen atoms in total. The number of benzene rings is 1. The largest absolute Gasteiger partial charge is 0.492 e. The van der Waals surface area contributed by atoms with Gasteiger partial charge in [-0.15, -0.1) is 0 Å². The van der Waals surface area contributed by atoms with E-state index in [0.29, 0.717) is 6.29 Å². The molecule has 0 atom stereocenters. The smallest absolute Gasteiger partial charge is 0.255 e. The molecule has 0 radical (unpaired) electrons. The molecular formula is C10H10FNO3. The lowest BCUT2D eigenvalue weighted by Crippen LogP contribution is -2.15. The predicted octanol–water partition coefficient (Wildman–Crippen LogP) is 0.892. The van der Waals surface area contributed by atoms with Crippen LogP contribution in [0, 0.1) is 5.82 Å². The van der Waals surface area contributed by atoms with Crippen LogP contribution in [0.25, 0.3) is 0 Å². The third-order valence-electron chi connectivity index (χ3n) is 1.72. The molecule has 15 heavy (non-hydrogen) atoms. The third kappa shape index (κ3) is 2.77. The van der Waals surface area contributed by atoms with E-state index < -0.39 is 11.7 Å². The van der Waals surface area contributed by atoms with Gasteiger partial charge in [-0.2, -0.15) is 0 Å². The normalized spacial score (nSPS) is 9.67. The van der Waals surface area contributed by atoms with Gasteiger partial charge in [-0.05, 0) is 12.1 Å². The number of rotatable bonds is 5. The summed E-state index contributed by atoms with van der Waals surface area (Å²) in [6.45, 7) is 0.0905. The Morgan fingerprint density at radius 1 is 1.53 bits per heavy atom. The van der Waals surface area contributed by atoms with Gasteiger partial charge in [-0.3, -0.25) is 4.79 Å². The first-order valence-electron chi connectivity index (χ1n) is 4.31. The molecule has 1 aromatic carbocycles. The summed E-state index contributed by atoms with van der Waals surface area (Å²) in [5, 5.41) is 0. The number of aldehydes is 1. The summed E-state index contributed by atoms with van der Waals surface area (Å²) in [5.41, 5.74) is 4.70. The van der Waals surface area contributed by atoms with Crippen LogP contribution >= 0.6 is 0 Å². The number of amides is 1. The van der Waals surface area contributed by atoms with Crippen LogP contribution in [0.15, 0.2) is 18.2 Å². The Bertz CT molecular complexity index is 379. The van der Waals surface area contributed by atoms with E-state index in [1.807, 2.05) is 0 Å². The molecular weight excluding hydrogens is 201 g/mol. The molecule has 5 heteroatoms. The van der Waals surface area contributed by atoms with Gasteiger partial charge in [0.2, 0.25) is 0 Å². The molecule has 1 aromatic rings. The molecule has 1 rings (SSSR count). The van der Waals surface area contributed by atoms with Crippen molar-refractivity contribution in [3.63, 3.8) is 0 Å². The van der Waals surface area contributed by atoms with Gasteiger partial charge in [0, 0.05) is 6.42 Å². The Morgan fingerprint density at radius 3 is 2.87 bits per heavy atom. The quantitative estimate of drug-likeness (QED) is 0.581. The molecule has 0 aromatic heterocycles. The highest BCUT2D eigenvalue weighted by molar-refractivity contribution is 5.95. The zero-order valence-electron chi connectivity index (χ0n) is 7.90. The van der Waals surface area contributed by atoms with Crippen molar-refractivity contribution in [2.45, 2.75) is 6.42 Å². The first kappa shape index (κ1) is 11.2. The van der Waals surface area contributed by atoms with E-state index in [0.717, 1.165) is 6.07 Å². The van der Waals surface area contributed by atoms with Gasteiger partial charge in [0.15, 0.2) is 0 Å². The van der Waals surface area contributed by atoms with Gasteiger partial charge < -0.3 is 15.3 Å². The Kier molecular flexibility index (Phi) is 3.79. The molecule has 0 fully saturated rings. The van der Waals surface area contributed by atoms with Crippen LogP contribution in [0.1, 0.15) is 16.8 Å². The first-order chi connectivity index (χ1) is 7.16. The Hall–Kier alpha value is -1.91. The van der Waals surface area contributed by atoms with Crippen molar-refractivity contribution in [3.05, 3.63) is 29.6 Å². The van der Waals surface area contributed by atoms with Gasteiger partial charge in [-0.25, -0.2) is 4.39 Å². The topological polar surface area (TPSA) is 69.4 Å². The Labute approximate surface area is 85.8 Å². The van der Waals surface area contributed by atoms with Crippen molar-refractivity contribution in [2.75, 3.05) is 6.61 Å². The molecule has 2 N–H and O–H groups in total. The highest BCUT2D eigenvalue weighted by atomic mass is 19.1. The van der Waals surface area contributed by atoms with Crippen molar-refractivity contribution in [1.29, 1.82) is 0 Å². The SMILES string of the molecule is NC(=O)c1c(F)cccc1OCCC=O. The second kappa shape index (κ2) is 5.09. The summed E-state index contributed by atoms with van der Waals surface area (Å²) in [5.74, 6) is -1.57. The van der Waals surface area contributed by atoms with Crippen molar-refractivity contribution in [3.8, 4) is 5.75 Å². The van der Waals surface area contributed by atoms with Crippen LogP contribution in [0.5, 0.6) is 5.75 Å². The molecule has 0 aliphatic heterocycles. The number of carbonyl (C=O) groups excluding carboxylic acids is 2. The Balaban J connectivity index is 2.90. The molecule has 80 valence electrons. The van der Waals surface area contributed by atoms with Gasteiger partial charge in [0.05, 0.1) is 6.61 Å². The van der Waals surface area contributed by atoms with E-state index in [1.54, 1.807) is 0 Å². The van der Waals surface area contributed by atoms with E-state index in [1.165, 1.54) is 12.1 Å². The lowest BCUT2D eigenvalue weighted by molar-refractivity contribution is -0.108. The van der Waals surface area contributed by atoms with E-state index in [4.69, 9.17) is 10.5 Å². The van der Waals surface area contributed by atoms with E-state index >= 15 is 0 Å². The van der Waals surface area contributed by atoms with Crippen molar-refractivity contribution in [2.24, 2.45) is 5.73 Å². The summed E-state index contributed by atoms with van der Waals surface area (Å²) in [6, 6.07) is 3.94. The average molecular weight is 211 g/mol. The molecule has 0 bridgehead atoms. The number of ether oxygens (including phenoxy) is 1. The van der Waals surface area contributed by atoms with Crippen LogP contribution in [0.4, 0.5) is 4.39 Å². The molecule has 0 saturated carbocycles. The van der Waals surface area contributed by atoms with Gasteiger partial charge >= 0.3 is 0 Å². The van der Waals surface area contributed by atoms with Crippen LogP contribution in [0.3, 0.4) is 0 Å². The van der Waals surface area contributed by atoms with Crippen LogP contribution in [0.2, 0.25) is 0 Å². The fourth-order valence-corrected chi connectivity index (χ4v) is 1.08.